The van der Waals surface area contributed by atoms with Crippen LogP contribution in [0.4, 0.5) is 0 Å². The van der Waals surface area contributed by atoms with Crippen molar-refractivity contribution in [1.82, 2.24) is 5.32 Å². The number of rotatable bonds is 5. The van der Waals surface area contributed by atoms with Gasteiger partial charge in [-0.25, -0.2) is 0 Å². The summed E-state index contributed by atoms with van der Waals surface area (Å²) >= 11 is 3.39. The second kappa shape index (κ2) is 6.50. The van der Waals surface area contributed by atoms with Crippen molar-refractivity contribution in [3.05, 3.63) is 28.2 Å². The molecule has 0 heterocycles. The Morgan fingerprint density at radius 2 is 2.31 bits per heavy atom. The van der Waals surface area contributed by atoms with Crippen LogP contribution in [-0.2, 0) is 11.3 Å². The Labute approximate surface area is 103 Å². The summed E-state index contributed by atoms with van der Waals surface area (Å²) in [4.78, 5) is 11.0. The highest BCUT2D eigenvalue weighted by Gasteiger charge is 2.03. The van der Waals surface area contributed by atoms with E-state index in [0.29, 0.717) is 19.6 Å². The van der Waals surface area contributed by atoms with Crippen LogP contribution in [0.25, 0.3) is 0 Å². The van der Waals surface area contributed by atoms with Gasteiger partial charge in [-0.05, 0) is 33.6 Å². The Hall–Kier alpha value is -1.07. The summed E-state index contributed by atoms with van der Waals surface area (Å²) in [6, 6.07) is 5.66. The second-order valence-corrected chi connectivity index (χ2v) is 4.09. The topological polar surface area (TPSA) is 64.3 Å². The van der Waals surface area contributed by atoms with Crippen LogP contribution in [-0.4, -0.2) is 19.6 Å². The van der Waals surface area contributed by atoms with E-state index in [1.54, 1.807) is 7.05 Å². The molecule has 16 heavy (non-hydrogen) atoms. The van der Waals surface area contributed by atoms with Crippen LogP contribution in [0.1, 0.15) is 12.0 Å². The molecule has 3 N–H and O–H groups in total. The first-order valence-corrected chi connectivity index (χ1v) is 5.78. The van der Waals surface area contributed by atoms with Crippen molar-refractivity contribution in [2.75, 3.05) is 13.7 Å². The standard InChI is InChI=1S/C11H15BrN2O2/c1-14-11(15)4-5-16-10-3-2-8(7-13)6-9(10)12/h2-3,6H,4-5,7,13H2,1H3,(H,14,15). The van der Waals surface area contributed by atoms with E-state index in [-0.39, 0.29) is 5.91 Å². The lowest BCUT2D eigenvalue weighted by molar-refractivity contribution is -0.121. The quantitative estimate of drug-likeness (QED) is 0.861. The predicted octanol–water partition coefficient (Wildman–Crippen LogP) is 1.42. The van der Waals surface area contributed by atoms with Gasteiger partial charge in [-0.1, -0.05) is 6.07 Å². The van der Waals surface area contributed by atoms with Crippen molar-refractivity contribution in [3.63, 3.8) is 0 Å². The Balaban J connectivity index is 2.51. The van der Waals surface area contributed by atoms with Crippen LogP contribution in [0.3, 0.4) is 0 Å². The maximum Gasteiger partial charge on any atom is 0.223 e. The van der Waals surface area contributed by atoms with E-state index in [1.807, 2.05) is 18.2 Å². The summed E-state index contributed by atoms with van der Waals surface area (Å²) in [5.41, 5.74) is 6.54. The number of benzene rings is 1. The normalized spacial score (nSPS) is 9.94. The number of carbonyl (C=O) groups excluding carboxylic acids is 1. The summed E-state index contributed by atoms with van der Waals surface area (Å²) in [5, 5.41) is 2.54. The molecule has 0 aliphatic rings. The molecule has 1 amide bonds. The second-order valence-electron chi connectivity index (χ2n) is 3.24. The summed E-state index contributed by atoms with van der Waals surface area (Å²) in [5.74, 6) is 0.691. The van der Waals surface area contributed by atoms with Crippen LogP contribution < -0.4 is 15.8 Å². The largest absolute Gasteiger partial charge is 0.492 e. The molecule has 0 unspecified atom stereocenters. The molecule has 0 aromatic heterocycles. The lowest BCUT2D eigenvalue weighted by Gasteiger charge is -2.08. The van der Waals surface area contributed by atoms with Crippen LogP contribution >= 0.6 is 15.9 Å². The number of nitrogens with one attached hydrogen (secondary N) is 1. The fourth-order valence-corrected chi connectivity index (χ4v) is 1.71. The van der Waals surface area contributed by atoms with E-state index in [1.165, 1.54) is 0 Å². The van der Waals surface area contributed by atoms with E-state index in [2.05, 4.69) is 21.2 Å². The SMILES string of the molecule is CNC(=O)CCOc1ccc(CN)cc1Br. The molecule has 0 spiro atoms. The first kappa shape index (κ1) is 13.0. The molecule has 4 nitrogen and oxygen atoms in total. The van der Waals surface area contributed by atoms with Crippen LogP contribution in [0.5, 0.6) is 5.75 Å². The highest BCUT2D eigenvalue weighted by atomic mass is 79.9. The molecular weight excluding hydrogens is 272 g/mol. The minimum atomic E-state index is -0.0327. The van der Waals surface area contributed by atoms with Crippen molar-refractivity contribution < 1.29 is 9.53 Å². The Morgan fingerprint density at radius 1 is 1.56 bits per heavy atom. The van der Waals surface area contributed by atoms with Crippen molar-refractivity contribution in [3.8, 4) is 5.75 Å². The molecule has 0 aliphatic carbocycles. The average Bonchev–Trinajstić information content (AvgIpc) is 2.30. The van der Waals surface area contributed by atoms with Gasteiger partial charge in [-0.3, -0.25) is 4.79 Å². The van der Waals surface area contributed by atoms with E-state index >= 15 is 0 Å². The first-order chi connectivity index (χ1) is 7.67. The molecule has 0 fully saturated rings. The molecule has 0 bridgehead atoms. The molecule has 0 atom stereocenters. The average molecular weight is 287 g/mol. The van der Waals surface area contributed by atoms with Crippen LogP contribution in [0.15, 0.2) is 22.7 Å². The molecule has 0 saturated heterocycles. The van der Waals surface area contributed by atoms with Gasteiger partial charge in [0.25, 0.3) is 0 Å². The fourth-order valence-electron chi connectivity index (χ4n) is 1.17. The van der Waals surface area contributed by atoms with E-state index in [0.717, 1.165) is 15.8 Å². The van der Waals surface area contributed by atoms with Gasteiger partial charge < -0.3 is 15.8 Å². The molecule has 0 saturated carbocycles. The lowest BCUT2D eigenvalue weighted by Crippen LogP contribution is -2.20. The van der Waals surface area contributed by atoms with E-state index in [9.17, 15) is 4.79 Å². The van der Waals surface area contributed by atoms with Crippen molar-refractivity contribution in [1.29, 1.82) is 0 Å². The van der Waals surface area contributed by atoms with Gasteiger partial charge in [0.05, 0.1) is 17.5 Å². The molecule has 1 aromatic carbocycles. The molecule has 88 valence electrons. The number of ether oxygens (including phenoxy) is 1. The van der Waals surface area contributed by atoms with Gasteiger partial charge >= 0.3 is 0 Å². The predicted molar refractivity (Wildman–Crippen MR) is 66.2 cm³/mol. The smallest absolute Gasteiger partial charge is 0.223 e. The third kappa shape index (κ3) is 3.83. The zero-order valence-corrected chi connectivity index (χ0v) is 10.7. The van der Waals surface area contributed by atoms with Gasteiger partial charge in [-0.15, -0.1) is 0 Å². The van der Waals surface area contributed by atoms with Crippen LogP contribution in [0.2, 0.25) is 0 Å². The first-order valence-electron chi connectivity index (χ1n) is 4.99. The maximum atomic E-state index is 11.0. The third-order valence-corrected chi connectivity index (χ3v) is 2.72. The summed E-state index contributed by atoms with van der Waals surface area (Å²) < 4.78 is 6.31. The molecule has 0 radical (unpaired) electrons. The minimum absolute atomic E-state index is 0.0327. The number of halogens is 1. The third-order valence-electron chi connectivity index (χ3n) is 2.10. The van der Waals surface area contributed by atoms with Crippen molar-refractivity contribution >= 4 is 21.8 Å². The zero-order valence-electron chi connectivity index (χ0n) is 9.13. The molecule has 0 aliphatic heterocycles. The molecule has 1 aromatic rings. The lowest BCUT2D eigenvalue weighted by atomic mass is 10.2. The Morgan fingerprint density at radius 3 is 2.88 bits per heavy atom. The summed E-state index contributed by atoms with van der Waals surface area (Å²) in [6.07, 6.45) is 0.349. The van der Waals surface area contributed by atoms with Gasteiger partial charge in [0.2, 0.25) is 5.91 Å². The number of hydrogen-bond donors (Lipinski definition) is 2. The summed E-state index contributed by atoms with van der Waals surface area (Å²) in [7, 11) is 1.61. The number of carbonyl (C=O) groups is 1. The Bertz CT molecular complexity index is 369. The van der Waals surface area contributed by atoms with Crippen molar-refractivity contribution in [2.24, 2.45) is 5.73 Å². The maximum absolute atomic E-state index is 11.0. The van der Waals surface area contributed by atoms with E-state index < -0.39 is 0 Å². The zero-order chi connectivity index (χ0) is 12.0. The molecule has 5 heteroatoms. The van der Waals surface area contributed by atoms with Crippen LogP contribution in [0, 0.1) is 0 Å². The summed E-state index contributed by atoms with van der Waals surface area (Å²) in [6.45, 7) is 0.858. The van der Waals surface area contributed by atoms with Crippen molar-refractivity contribution in [2.45, 2.75) is 13.0 Å². The number of hydrogen-bond acceptors (Lipinski definition) is 3. The highest BCUT2D eigenvalue weighted by Crippen LogP contribution is 2.25. The molecule has 1 rings (SSSR count). The van der Waals surface area contributed by atoms with E-state index in [4.69, 9.17) is 10.5 Å². The fraction of sp³-hybridized carbons (Fsp3) is 0.364. The molecular formula is C11H15BrN2O2. The van der Waals surface area contributed by atoms with Gasteiger partial charge in [0, 0.05) is 13.6 Å². The highest BCUT2D eigenvalue weighted by molar-refractivity contribution is 9.10. The Kier molecular flexibility index (Phi) is 5.28. The minimum Gasteiger partial charge on any atom is -0.492 e. The van der Waals surface area contributed by atoms with Gasteiger partial charge in [-0.2, -0.15) is 0 Å². The monoisotopic (exact) mass is 286 g/mol. The van der Waals surface area contributed by atoms with Gasteiger partial charge in [0.1, 0.15) is 5.75 Å². The number of amides is 1. The van der Waals surface area contributed by atoms with Gasteiger partial charge in [0.15, 0.2) is 0 Å². The number of nitrogens with two attached hydrogens (primary N) is 1.